The number of aryl methyl sites for hydroxylation is 1. The molecule has 1 N–H and O–H groups in total. The van der Waals surface area contributed by atoms with E-state index in [1.807, 2.05) is 17.7 Å². The molecule has 0 saturated heterocycles. The standard InChI is InChI=1S/C14H27N3O2S2/c1-5-7-17-12-14(10-13(17)11-15-6-2)21(18,19)16(3)8-9-20-4/h10,12,15H,5-9,11H2,1-4H3. The Morgan fingerprint density at radius 2 is 2.10 bits per heavy atom. The Labute approximate surface area is 133 Å². The predicted molar refractivity (Wildman–Crippen MR) is 90.3 cm³/mol. The van der Waals surface area contributed by atoms with Crippen molar-refractivity contribution in [2.45, 2.75) is 38.3 Å². The molecule has 5 nitrogen and oxygen atoms in total. The molecule has 0 aliphatic carbocycles. The molecule has 0 aliphatic rings. The quantitative estimate of drug-likeness (QED) is 0.711. The van der Waals surface area contributed by atoms with Crippen LogP contribution in [0.25, 0.3) is 0 Å². The van der Waals surface area contributed by atoms with Crippen molar-refractivity contribution in [2.24, 2.45) is 0 Å². The zero-order valence-corrected chi connectivity index (χ0v) is 15.1. The van der Waals surface area contributed by atoms with Gasteiger partial charge in [0, 0.05) is 44.3 Å². The summed E-state index contributed by atoms with van der Waals surface area (Å²) in [6.45, 7) is 7.07. The van der Waals surface area contributed by atoms with Gasteiger partial charge in [-0.15, -0.1) is 0 Å². The van der Waals surface area contributed by atoms with E-state index in [0.29, 0.717) is 18.0 Å². The van der Waals surface area contributed by atoms with E-state index < -0.39 is 10.0 Å². The second kappa shape index (κ2) is 8.82. The molecule has 1 aromatic heterocycles. The first-order valence-corrected chi connectivity index (χ1v) is 10.2. The molecule has 0 bridgehead atoms. The van der Waals surface area contributed by atoms with Crippen LogP contribution in [0.5, 0.6) is 0 Å². The lowest BCUT2D eigenvalue weighted by Gasteiger charge is -2.15. The summed E-state index contributed by atoms with van der Waals surface area (Å²) >= 11 is 1.65. The zero-order chi connectivity index (χ0) is 15.9. The molecular formula is C14H27N3O2S2. The maximum absolute atomic E-state index is 12.6. The van der Waals surface area contributed by atoms with E-state index in [-0.39, 0.29) is 0 Å². The highest BCUT2D eigenvalue weighted by molar-refractivity contribution is 7.98. The van der Waals surface area contributed by atoms with E-state index in [4.69, 9.17) is 0 Å². The maximum atomic E-state index is 12.6. The first-order valence-electron chi connectivity index (χ1n) is 7.32. The number of rotatable bonds is 10. The van der Waals surface area contributed by atoms with Crippen LogP contribution in [-0.2, 0) is 23.1 Å². The van der Waals surface area contributed by atoms with E-state index in [9.17, 15) is 8.42 Å². The Bertz CT molecular complexity index is 526. The van der Waals surface area contributed by atoms with E-state index in [1.54, 1.807) is 31.1 Å². The molecule has 0 saturated carbocycles. The van der Waals surface area contributed by atoms with Crippen molar-refractivity contribution in [1.82, 2.24) is 14.2 Å². The van der Waals surface area contributed by atoms with Crippen molar-refractivity contribution < 1.29 is 8.42 Å². The highest BCUT2D eigenvalue weighted by Gasteiger charge is 2.23. The molecular weight excluding hydrogens is 306 g/mol. The molecule has 0 atom stereocenters. The van der Waals surface area contributed by atoms with Crippen LogP contribution in [0.15, 0.2) is 17.2 Å². The number of sulfonamides is 1. The fraction of sp³-hybridized carbons (Fsp3) is 0.714. The topological polar surface area (TPSA) is 54.3 Å². The van der Waals surface area contributed by atoms with Crippen LogP contribution in [0.1, 0.15) is 26.0 Å². The van der Waals surface area contributed by atoms with Crippen molar-refractivity contribution in [3.63, 3.8) is 0 Å². The summed E-state index contributed by atoms with van der Waals surface area (Å²) in [6, 6.07) is 1.79. The second-order valence-corrected chi connectivity index (χ2v) is 7.99. The van der Waals surface area contributed by atoms with E-state index in [0.717, 1.165) is 31.0 Å². The molecule has 0 aliphatic heterocycles. The minimum Gasteiger partial charge on any atom is -0.349 e. The number of aromatic nitrogens is 1. The van der Waals surface area contributed by atoms with Crippen molar-refractivity contribution in [2.75, 3.05) is 32.1 Å². The number of nitrogens with zero attached hydrogens (tertiary/aromatic N) is 2. The Balaban J connectivity index is 3.00. The third kappa shape index (κ3) is 5.02. The minimum absolute atomic E-state index is 0.396. The van der Waals surface area contributed by atoms with Gasteiger partial charge in [0.2, 0.25) is 10.0 Å². The van der Waals surface area contributed by atoms with Crippen molar-refractivity contribution >= 4 is 21.8 Å². The van der Waals surface area contributed by atoms with Gasteiger partial charge in [-0.05, 0) is 25.3 Å². The molecule has 21 heavy (non-hydrogen) atoms. The minimum atomic E-state index is -3.38. The van der Waals surface area contributed by atoms with E-state index in [1.165, 1.54) is 4.31 Å². The number of thioether (sulfide) groups is 1. The van der Waals surface area contributed by atoms with Crippen LogP contribution in [0.4, 0.5) is 0 Å². The molecule has 1 rings (SSSR count). The lowest BCUT2D eigenvalue weighted by atomic mass is 10.4. The molecule has 1 heterocycles. The van der Waals surface area contributed by atoms with Crippen molar-refractivity contribution in [3.05, 3.63) is 18.0 Å². The summed E-state index contributed by atoms with van der Waals surface area (Å²) < 4.78 is 28.6. The van der Waals surface area contributed by atoms with Crippen LogP contribution in [-0.4, -0.2) is 49.4 Å². The summed E-state index contributed by atoms with van der Waals surface area (Å²) in [4.78, 5) is 0.396. The van der Waals surface area contributed by atoms with Gasteiger partial charge in [0.05, 0.1) is 0 Å². The predicted octanol–water partition coefficient (Wildman–Crippen LogP) is 1.99. The molecule has 0 radical (unpaired) electrons. The Morgan fingerprint density at radius 3 is 2.67 bits per heavy atom. The number of nitrogens with one attached hydrogen (secondary N) is 1. The first-order chi connectivity index (χ1) is 9.97. The van der Waals surface area contributed by atoms with Gasteiger partial charge in [0.25, 0.3) is 0 Å². The van der Waals surface area contributed by atoms with Gasteiger partial charge in [-0.2, -0.15) is 11.8 Å². The van der Waals surface area contributed by atoms with Gasteiger partial charge in [0.1, 0.15) is 4.90 Å². The third-order valence-corrected chi connectivity index (χ3v) is 5.71. The molecule has 0 amide bonds. The summed E-state index contributed by atoms with van der Waals surface area (Å²) in [5.41, 5.74) is 1.02. The molecule has 0 spiro atoms. The van der Waals surface area contributed by atoms with E-state index >= 15 is 0 Å². The summed E-state index contributed by atoms with van der Waals surface area (Å²) in [6.07, 6.45) is 4.73. The lowest BCUT2D eigenvalue weighted by molar-refractivity contribution is 0.488. The second-order valence-electron chi connectivity index (χ2n) is 4.96. The largest absolute Gasteiger partial charge is 0.349 e. The Hall–Kier alpha value is -0.500. The van der Waals surface area contributed by atoms with Gasteiger partial charge < -0.3 is 9.88 Å². The number of hydrogen-bond donors (Lipinski definition) is 1. The normalized spacial score (nSPS) is 12.2. The summed E-state index contributed by atoms with van der Waals surface area (Å²) in [5, 5.41) is 3.26. The van der Waals surface area contributed by atoms with Crippen molar-refractivity contribution in [1.29, 1.82) is 0 Å². The summed E-state index contributed by atoms with van der Waals surface area (Å²) in [7, 11) is -1.74. The zero-order valence-electron chi connectivity index (χ0n) is 13.4. The first kappa shape index (κ1) is 18.5. The fourth-order valence-corrected chi connectivity index (χ4v) is 3.85. The van der Waals surface area contributed by atoms with Gasteiger partial charge in [-0.3, -0.25) is 0 Å². The van der Waals surface area contributed by atoms with Crippen LogP contribution >= 0.6 is 11.8 Å². The molecule has 0 aromatic carbocycles. The Kier molecular flexibility index (Phi) is 7.79. The van der Waals surface area contributed by atoms with E-state index in [2.05, 4.69) is 12.2 Å². The van der Waals surface area contributed by atoms with Crippen molar-refractivity contribution in [3.8, 4) is 0 Å². The molecule has 0 fully saturated rings. The highest BCUT2D eigenvalue weighted by atomic mass is 32.2. The van der Waals surface area contributed by atoms with Crippen LogP contribution in [0, 0.1) is 0 Å². The lowest BCUT2D eigenvalue weighted by Crippen LogP contribution is -2.28. The molecule has 0 unspecified atom stereocenters. The van der Waals surface area contributed by atoms with Crippen LogP contribution in [0.3, 0.4) is 0 Å². The maximum Gasteiger partial charge on any atom is 0.244 e. The Morgan fingerprint density at radius 1 is 1.38 bits per heavy atom. The average Bonchev–Trinajstić information content (AvgIpc) is 2.86. The smallest absolute Gasteiger partial charge is 0.244 e. The molecule has 7 heteroatoms. The molecule has 122 valence electrons. The van der Waals surface area contributed by atoms with Gasteiger partial charge in [-0.1, -0.05) is 13.8 Å². The fourth-order valence-electron chi connectivity index (χ4n) is 2.04. The van der Waals surface area contributed by atoms with Gasteiger partial charge in [-0.25, -0.2) is 12.7 Å². The van der Waals surface area contributed by atoms with Gasteiger partial charge in [0.15, 0.2) is 0 Å². The van der Waals surface area contributed by atoms with Crippen LogP contribution in [0.2, 0.25) is 0 Å². The monoisotopic (exact) mass is 333 g/mol. The van der Waals surface area contributed by atoms with Gasteiger partial charge >= 0.3 is 0 Å². The van der Waals surface area contributed by atoms with Crippen LogP contribution < -0.4 is 5.32 Å². The molecule has 1 aromatic rings. The highest BCUT2D eigenvalue weighted by Crippen LogP contribution is 2.19. The SMILES string of the molecule is CCCn1cc(S(=O)(=O)N(C)CCSC)cc1CNCC. The summed E-state index contributed by atoms with van der Waals surface area (Å²) in [5.74, 6) is 0.801. The number of hydrogen-bond acceptors (Lipinski definition) is 4. The average molecular weight is 334 g/mol. The third-order valence-electron chi connectivity index (χ3n) is 3.30.